The Hall–Kier alpha value is -1.30. The van der Waals surface area contributed by atoms with Crippen molar-refractivity contribution >= 4 is 0 Å². The fourth-order valence-corrected chi connectivity index (χ4v) is 1.61. The Morgan fingerprint density at radius 1 is 0.947 bits per heavy atom. The summed E-state index contributed by atoms with van der Waals surface area (Å²) in [5.41, 5.74) is 1.15. The number of rotatable bonds is 10. The number of benzene rings is 1. The molecular formula is C14H23NO4. The molecule has 0 aromatic heterocycles. The summed E-state index contributed by atoms with van der Waals surface area (Å²) in [4.78, 5) is 0. The molecule has 0 saturated heterocycles. The molecule has 5 heteroatoms. The summed E-state index contributed by atoms with van der Waals surface area (Å²) in [6, 6.07) is 5.89. The minimum atomic E-state index is 0.633. The molecule has 0 bridgehead atoms. The van der Waals surface area contributed by atoms with Crippen LogP contribution in [0.3, 0.4) is 0 Å². The molecule has 0 aliphatic carbocycles. The fraction of sp³-hybridized carbons (Fsp3) is 0.571. The standard InChI is InChI=1S/C14H23NO4/c1-16-8-9-19-7-6-15-11-12-4-5-13(17-2)14(10-12)18-3/h4-5,10,15H,6-9,11H2,1-3H3. The molecule has 0 spiro atoms. The molecule has 0 amide bonds. The van der Waals surface area contributed by atoms with Gasteiger partial charge in [0.15, 0.2) is 11.5 Å². The summed E-state index contributed by atoms with van der Waals surface area (Å²) in [5, 5.41) is 3.31. The average Bonchev–Trinajstić information content (AvgIpc) is 2.46. The van der Waals surface area contributed by atoms with Gasteiger partial charge in [-0.15, -0.1) is 0 Å². The number of ether oxygens (including phenoxy) is 4. The lowest BCUT2D eigenvalue weighted by atomic mass is 10.2. The van der Waals surface area contributed by atoms with Gasteiger partial charge in [0, 0.05) is 20.2 Å². The second-order valence-corrected chi connectivity index (χ2v) is 3.97. The molecule has 0 fully saturated rings. The van der Waals surface area contributed by atoms with Crippen LogP contribution in [-0.4, -0.2) is 47.7 Å². The first-order valence-corrected chi connectivity index (χ1v) is 6.30. The van der Waals surface area contributed by atoms with Gasteiger partial charge in [0.25, 0.3) is 0 Å². The van der Waals surface area contributed by atoms with Crippen LogP contribution >= 0.6 is 0 Å². The highest BCUT2D eigenvalue weighted by atomic mass is 16.5. The summed E-state index contributed by atoms with van der Waals surface area (Å²) >= 11 is 0. The third kappa shape index (κ3) is 5.92. The molecule has 1 aromatic carbocycles. The molecule has 108 valence electrons. The van der Waals surface area contributed by atoms with E-state index in [0.717, 1.165) is 30.2 Å². The quantitative estimate of drug-likeness (QED) is 0.652. The van der Waals surface area contributed by atoms with Gasteiger partial charge in [0.05, 0.1) is 34.0 Å². The minimum absolute atomic E-state index is 0.633. The van der Waals surface area contributed by atoms with Crippen molar-refractivity contribution in [3.63, 3.8) is 0 Å². The van der Waals surface area contributed by atoms with Crippen LogP contribution < -0.4 is 14.8 Å². The normalized spacial score (nSPS) is 10.5. The van der Waals surface area contributed by atoms with Crippen LogP contribution in [0.2, 0.25) is 0 Å². The van der Waals surface area contributed by atoms with Crippen LogP contribution in [0.5, 0.6) is 11.5 Å². The number of hydrogen-bond acceptors (Lipinski definition) is 5. The zero-order valence-corrected chi connectivity index (χ0v) is 11.9. The summed E-state index contributed by atoms with van der Waals surface area (Å²) in [6.45, 7) is 3.52. The van der Waals surface area contributed by atoms with E-state index in [1.165, 1.54) is 0 Å². The Morgan fingerprint density at radius 2 is 1.74 bits per heavy atom. The molecule has 1 N–H and O–H groups in total. The maximum absolute atomic E-state index is 5.36. The predicted octanol–water partition coefficient (Wildman–Crippen LogP) is 1.46. The van der Waals surface area contributed by atoms with Crippen LogP contribution in [0, 0.1) is 0 Å². The van der Waals surface area contributed by atoms with Gasteiger partial charge in [-0.25, -0.2) is 0 Å². The molecule has 0 aliphatic rings. The molecule has 0 radical (unpaired) electrons. The Balaban J connectivity index is 2.26. The second-order valence-electron chi connectivity index (χ2n) is 3.97. The topological polar surface area (TPSA) is 49.0 Å². The lowest BCUT2D eigenvalue weighted by molar-refractivity contribution is 0.0719. The molecule has 0 unspecified atom stereocenters. The van der Waals surface area contributed by atoms with Gasteiger partial charge in [-0.05, 0) is 17.7 Å². The Bertz CT molecular complexity index is 357. The first kappa shape index (κ1) is 15.8. The summed E-state index contributed by atoms with van der Waals surface area (Å²) in [6.07, 6.45) is 0. The zero-order chi connectivity index (χ0) is 13.9. The van der Waals surface area contributed by atoms with Crippen molar-refractivity contribution in [3.8, 4) is 11.5 Å². The third-order valence-corrected chi connectivity index (χ3v) is 2.63. The zero-order valence-electron chi connectivity index (χ0n) is 11.9. The highest BCUT2D eigenvalue weighted by molar-refractivity contribution is 5.42. The van der Waals surface area contributed by atoms with Crippen molar-refractivity contribution in [1.82, 2.24) is 5.32 Å². The SMILES string of the molecule is COCCOCCNCc1ccc(OC)c(OC)c1. The first-order chi connectivity index (χ1) is 9.31. The maximum atomic E-state index is 5.36. The lowest BCUT2D eigenvalue weighted by Gasteiger charge is -2.10. The van der Waals surface area contributed by atoms with E-state index in [1.54, 1.807) is 21.3 Å². The van der Waals surface area contributed by atoms with Gasteiger partial charge in [-0.2, -0.15) is 0 Å². The average molecular weight is 269 g/mol. The third-order valence-electron chi connectivity index (χ3n) is 2.63. The number of hydrogen-bond donors (Lipinski definition) is 1. The molecule has 0 aliphatic heterocycles. The Labute approximate surface area is 114 Å². The van der Waals surface area contributed by atoms with Gasteiger partial charge in [0.2, 0.25) is 0 Å². The summed E-state index contributed by atoms with van der Waals surface area (Å²) < 4.78 is 20.7. The van der Waals surface area contributed by atoms with Crippen molar-refractivity contribution in [1.29, 1.82) is 0 Å². The molecule has 5 nitrogen and oxygen atoms in total. The van der Waals surface area contributed by atoms with Gasteiger partial charge < -0.3 is 24.3 Å². The minimum Gasteiger partial charge on any atom is -0.493 e. The predicted molar refractivity (Wildman–Crippen MR) is 73.9 cm³/mol. The van der Waals surface area contributed by atoms with Crippen LogP contribution in [-0.2, 0) is 16.0 Å². The first-order valence-electron chi connectivity index (χ1n) is 6.30. The van der Waals surface area contributed by atoms with E-state index in [4.69, 9.17) is 18.9 Å². The lowest BCUT2D eigenvalue weighted by Crippen LogP contribution is -2.20. The van der Waals surface area contributed by atoms with E-state index in [0.29, 0.717) is 19.8 Å². The molecule has 1 rings (SSSR count). The van der Waals surface area contributed by atoms with Crippen molar-refractivity contribution in [2.24, 2.45) is 0 Å². The van der Waals surface area contributed by atoms with Crippen molar-refractivity contribution < 1.29 is 18.9 Å². The van der Waals surface area contributed by atoms with Crippen molar-refractivity contribution in [2.45, 2.75) is 6.54 Å². The molecule has 19 heavy (non-hydrogen) atoms. The summed E-state index contributed by atoms with van der Waals surface area (Å²) in [7, 11) is 4.94. The number of nitrogens with one attached hydrogen (secondary N) is 1. The monoisotopic (exact) mass is 269 g/mol. The van der Waals surface area contributed by atoms with E-state index < -0.39 is 0 Å². The highest BCUT2D eigenvalue weighted by Gasteiger charge is 2.03. The van der Waals surface area contributed by atoms with Gasteiger partial charge >= 0.3 is 0 Å². The van der Waals surface area contributed by atoms with E-state index in [2.05, 4.69) is 5.32 Å². The van der Waals surface area contributed by atoms with Gasteiger partial charge in [0.1, 0.15) is 0 Å². The Kier molecular flexibility index (Phi) is 7.97. The highest BCUT2D eigenvalue weighted by Crippen LogP contribution is 2.27. The van der Waals surface area contributed by atoms with Crippen LogP contribution in [0.1, 0.15) is 5.56 Å². The summed E-state index contributed by atoms with van der Waals surface area (Å²) in [5.74, 6) is 1.49. The Morgan fingerprint density at radius 3 is 2.42 bits per heavy atom. The smallest absolute Gasteiger partial charge is 0.161 e. The van der Waals surface area contributed by atoms with Gasteiger partial charge in [-0.1, -0.05) is 6.07 Å². The van der Waals surface area contributed by atoms with E-state index in [9.17, 15) is 0 Å². The molecule has 0 atom stereocenters. The van der Waals surface area contributed by atoms with Crippen LogP contribution in [0.4, 0.5) is 0 Å². The van der Waals surface area contributed by atoms with E-state index >= 15 is 0 Å². The van der Waals surface area contributed by atoms with Crippen LogP contribution in [0.25, 0.3) is 0 Å². The molecule has 0 heterocycles. The number of methoxy groups -OCH3 is 3. The van der Waals surface area contributed by atoms with Crippen molar-refractivity contribution in [3.05, 3.63) is 23.8 Å². The molecule has 1 aromatic rings. The molecule has 0 saturated carbocycles. The van der Waals surface area contributed by atoms with Crippen molar-refractivity contribution in [2.75, 3.05) is 47.7 Å². The van der Waals surface area contributed by atoms with E-state index in [1.807, 2.05) is 18.2 Å². The second kappa shape index (κ2) is 9.61. The fourth-order valence-electron chi connectivity index (χ4n) is 1.61. The largest absolute Gasteiger partial charge is 0.493 e. The van der Waals surface area contributed by atoms with Crippen LogP contribution in [0.15, 0.2) is 18.2 Å². The van der Waals surface area contributed by atoms with Gasteiger partial charge in [-0.3, -0.25) is 0 Å². The molecular weight excluding hydrogens is 246 g/mol. The van der Waals surface area contributed by atoms with E-state index in [-0.39, 0.29) is 0 Å². The maximum Gasteiger partial charge on any atom is 0.161 e.